The van der Waals surface area contributed by atoms with E-state index in [0.717, 1.165) is 22.3 Å². The smallest absolute Gasteiger partial charge is 0.267 e. The van der Waals surface area contributed by atoms with Crippen molar-refractivity contribution in [3.63, 3.8) is 0 Å². The van der Waals surface area contributed by atoms with E-state index in [4.69, 9.17) is 15.2 Å². The zero-order valence-corrected chi connectivity index (χ0v) is 14.3. The van der Waals surface area contributed by atoms with E-state index in [-0.39, 0.29) is 18.4 Å². The molecule has 1 aromatic carbocycles. The van der Waals surface area contributed by atoms with Crippen LogP contribution in [0.25, 0.3) is 11.1 Å². The van der Waals surface area contributed by atoms with Crippen molar-refractivity contribution in [3.05, 3.63) is 47.2 Å². The number of carbonyl (C=O) groups is 1. The molecule has 2 heterocycles. The summed E-state index contributed by atoms with van der Waals surface area (Å²) in [7, 11) is 0. The highest BCUT2D eigenvalue weighted by molar-refractivity contribution is 5.93. The molecular formula is C19H21FN2O3. The van der Waals surface area contributed by atoms with Crippen LogP contribution in [0.15, 0.2) is 30.3 Å². The first-order valence-corrected chi connectivity index (χ1v) is 8.27. The molecule has 1 aliphatic rings. The summed E-state index contributed by atoms with van der Waals surface area (Å²) in [6.07, 6.45) is -0.250. The zero-order chi connectivity index (χ0) is 18.0. The van der Waals surface area contributed by atoms with Crippen molar-refractivity contribution in [2.75, 3.05) is 6.61 Å². The highest BCUT2D eigenvalue weighted by Crippen LogP contribution is 2.35. The number of halogens is 1. The van der Waals surface area contributed by atoms with Crippen LogP contribution in [0.4, 0.5) is 4.39 Å². The minimum Gasteiger partial charge on any atom is -0.472 e. The van der Waals surface area contributed by atoms with Crippen LogP contribution < -0.4 is 10.5 Å². The van der Waals surface area contributed by atoms with Gasteiger partial charge in [0.15, 0.2) is 6.36 Å². The number of nitrogens with two attached hydrogens (primary N) is 1. The fourth-order valence-corrected chi connectivity index (χ4v) is 2.88. The van der Waals surface area contributed by atoms with Crippen molar-refractivity contribution in [2.24, 2.45) is 5.73 Å². The first kappa shape index (κ1) is 17.4. The molecule has 0 saturated carbocycles. The number of pyridine rings is 1. The third-order valence-electron chi connectivity index (χ3n) is 4.21. The van der Waals surface area contributed by atoms with Crippen LogP contribution in [0, 0.1) is 6.92 Å². The van der Waals surface area contributed by atoms with Crippen LogP contribution in [0.3, 0.4) is 0 Å². The van der Waals surface area contributed by atoms with E-state index < -0.39 is 12.3 Å². The Morgan fingerprint density at radius 1 is 1.44 bits per heavy atom. The van der Waals surface area contributed by atoms with Gasteiger partial charge in [0.05, 0.1) is 6.61 Å². The predicted molar refractivity (Wildman–Crippen MR) is 92.2 cm³/mol. The second-order valence-electron chi connectivity index (χ2n) is 6.22. The van der Waals surface area contributed by atoms with Gasteiger partial charge < -0.3 is 15.2 Å². The van der Waals surface area contributed by atoms with E-state index in [1.807, 2.05) is 31.2 Å². The van der Waals surface area contributed by atoms with Gasteiger partial charge in [0, 0.05) is 5.56 Å². The third-order valence-corrected chi connectivity index (χ3v) is 4.21. The first-order valence-electron chi connectivity index (χ1n) is 8.27. The molecule has 6 heteroatoms. The lowest BCUT2D eigenvalue weighted by Gasteiger charge is -2.27. The van der Waals surface area contributed by atoms with E-state index in [1.54, 1.807) is 6.07 Å². The summed E-state index contributed by atoms with van der Waals surface area (Å²) in [6, 6.07) is 9.71. The summed E-state index contributed by atoms with van der Waals surface area (Å²) in [5.74, 6) is -0.242. The zero-order valence-electron chi connectivity index (χ0n) is 14.3. The second-order valence-corrected chi connectivity index (χ2v) is 6.22. The van der Waals surface area contributed by atoms with Crippen molar-refractivity contribution < 1.29 is 18.7 Å². The largest absolute Gasteiger partial charge is 0.472 e. The number of amides is 1. The number of benzene rings is 1. The SMILES string of the molecule is Cc1ccc(-c2cc(C(N)=O)nc3c2CCC(COC(C)F)O3)cc1. The lowest BCUT2D eigenvalue weighted by molar-refractivity contribution is -0.0603. The Balaban J connectivity index is 1.97. The Hall–Kier alpha value is -2.47. The molecule has 3 rings (SSSR count). The van der Waals surface area contributed by atoms with Crippen LogP contribution in [0.5, 0.6) is 5.88 Å². The van der Waals surface area contributed by atoms with Crippen molar-refractivity contribution in [1.29, 1.82) is 0 Å². The van der Waals surface area contributed by atoms with Gasteiger partial charge in [-0.2, -0.15) is 0 Å². The first-order chi connectivity index (χ1) is 11.9. The number of alkyl halides is 1. The van der Waals surface area contributed by atoms with Crippen LogP contribution >= 0.6 is 0 Å². The fourth-order valence-electron chi connectivity index (χ4n) is 2.88. The number of aryl methyl sites for hydroxylation is 1. The van der Waals surface area contributed by atoms with Gasteiger partial charge in [-0.25, -0.2) is 9.37 Å². The molecule has 2 unspecified atom stereocenters. The number of aromatic nitrogens is 1. The number of nitrogens with zero attached hydrogens (tertiary/aromatic N) is 1. The highest BCUT2D eigenvalue weighted by atomic mass is 19.1. The van der Waals surface area contributed by atoms with Crippen LogP contribution in [-0.4, -0.2) is 30.0 Å². The van der Waals surface area contributed by atoms with Crippen LogP contribution in [0.2, 0.25) is 0 Å². The minimum atomic E-state index is -1.35. The monoisotopic (exact) mass is 344 g/mol. The van der Waals surface area contributed by atoms with Crippen molar-refractivity contribution in [2.45, 2.75) is 39.2 Å². The van der Waals surface area contributed by atoms with E-state index in [1.165, 1.54) is 6.92 Å². The van der Waals surface area contributed by atoms with Crippen LogP contribution in [0.1, 0.15) is 35.0 Å². The lowest BCUT2D eigenvalue weighted by Crippen LogP contribution is -2.30. The molecule has 25 heavy (non-hydrogen) atoms. The third kappa shape index (κ3) is 3.96. The minimum absolute atomic E-state index is 0.138. The number of rotatable bonds is 5. The molecular weight excluding hydrogens is 323 g/mol. The van der Waals surface area contributed by atoms with Crippen molar-refractivity contribution >= 4 is 5.91 Å². The summed E-state index contributed by atoms with van der Waals surface area (Å²) >= 11 is 0. The summed E-state index contributed by atoms with van der Waals surface area (Å²) < 4.78 is 23.7. The van der Waals surface area contributed by atoms with Gasteiger partial charge in [0.2, 0.25) is 5.88 Å². The number of ether oxygens (including phenoxy) is 2. The number of carbonyl (C=O) groups excluding carboxylic acids is 1. The molecule has 1 aliphatic heterocycles. The number of fused-ring (bicyclic) bond motifs is 1. The number of hydrogen-bond donors (Lipinski definition) is 1. The van der Waals surface area contributed by atoms with Crippen molar-refractivity contribution in [1.82, 2.24) is 4.98 Å². The topological polar surface area (TPSA) is 74.4 Å². The Bertz CT molecular complexity index is 775. The maximum absolute atomic E-state index is 12.9. The molecule has 0 saturated heterocycles. The molecule has 2 atom stereocenters. The highest BCUT2D eigenvalue weighted by Gasteiger charge is 2.26. The van der Waals surface area contributed by atoms with Gasteiger partial charge in [-0.05, 0) is 43.9 Å². The molecule has 1 aromatic heterocycles. The quantitative estimate of drug-likeness (QED) is 0.904. The average Bonchev–Trinajstić information content (AvgIpc) is 2.59. The lowest BCUT2D eigenvalue weighted by atomic mass is 9.94. The maximum Gasteiger partial charge on any atom is 0.267 e. The Morgan fingerprint density at radius 2 is 2.16 bits per heavy atom. The molecule has 132 valence electrons. The summed E-state index contributed by atoms with van der Waals surface area (Å²) in [5.41, 5.74) is 9.51. The average molecular weight is 344 g/mol. The molecule has 1 amide bonds. The molecule has 0 spiro atoms. The molecule has 0 aliphatic carbocycles. The van der Waals surface area contributed by atoms with Gasteiger partial charge in [-0.1, -0.05) is 29.8 Å². The summed E-state index contributed by atoms with van der Waals surface area (Å²) in [6.45, 7) is 3.48. The van der Waals surface area contributed by atoms with Crippen LogP contribution in [-0.2, 0) is 11.2 Å². The van der Waals surface area contributed by atoms with Gasteiger partial charge in [0.25, 0.3) is 5.91 Å². The molecule has 2 aromatic rings. The summed E-state index contributed by atoms with van der Waals surface area (Å²) in [4.78, 5) is 15.9. The Labute approximate surface area is 146 Å². The number of primary amides is 1. The normalized spacial score (nSPS) is 17.5. The van der Waals surface area contributed by atoms with Gasteiger partial charge in [-0.3, -0.25) is 4.79 Å². The Kier molecular flexibility index (Phi) is 4.99. The predicted octanol–water partition coefficient (Wildman–Crippen LogP) is 3.18. The summed E-state index contributed by atoms with van der Waals surface area (Å²) in [5, 5.41) is 0. The molecule has 0 radical (unpaired) electrons. The maximum atomic E-state index is 12.9. The van der Waals surface area contributed by atoms with Crippen molar-refractivity contribution in [3.8, 4) is 17.0 Å². The Morgan fingerprint density at radius 3 is 2.80 bits per heavy atom. The second kappa shape index (κ2) is 7.19. The molecule has 2 N–H and O–H groups in total. The fraction of sp³-hybridized carbons (Fsp3) is 0.368. The van der Waals surface area contributed by atoms with Gasteiger partial charge >= 0.3 is 0 Å². The standard InChI is InChI=1S/C19H21FN2O3/c1-11-3-5-13(6-4-11)16-9-17(18(21)23)22-19-15(16)8-7-14(25-19)10-24-12(2)20/h3-6,9,12,14H,7-8,10H2,1-2H3,(H2,21,23). The number of hydrogen-bond acceptors (Lipinski definition) is 4. The van der Waals surface area contributed by atoms with Gasteiger partial charge in [0.1, 0.15) is 11.8 Å². The van der Waals surface area contributed by atoms with E-state index in [9.17, 15) is 9.18 Å². The van der Waals surface area contributed by atoms with E-state index >= 15 is 0 Å². The molecule has 0 bridgehead atoms. The van der Waals surface area contributed by atoms with Gasteiger partial charge in [-0.15, -0.1) is 0 Å². The molecule has 5 nitrogen and oxygen atoms in total. The van der Waals surface area contributed by atoms with E-state index in [2.05, 4.69) is 4.98 Å². The van der Waals surface area contributed by atoms with E-state index in [0.29, 0.717) is 18.7 Å². The molecule has 0 fully saturated rings.